The quantitative estimate of drug-likeness (QED) is 0.772. The zero-order valence-corrected chi connectivity index (χ0v) is 16.4. The van der Waals surface area contributed by atoms with Crippen LogP contribution in [0.4, 0.5) is 4.39 Å². The lowest BCUT2D eigenvalue weighted by Gasteiger charge is -2.41. The zero-order chi connectivity index (χ0) is 19.2. The molecule has 1 aliphatic heterocycles. The van der Waals surface area contributed by atoms with E-state index in [1.54, 1.807) is 6.07 Å². The molecule has 2 heterocycles. The highest BCUT2D eigenvalue weighted by Gasteiger charge is 2.27. The van der Waals surface area contributed by atoms with Gasteiger partial charge in [-0.2, -0.15) is 5.10 Å². The van der Waals surface area contributed by atoms with E-state index in [0.29, 0.717) is 13.0 Å². The van der Waals surface area contributed by atoms with Crippen molar-refractivity contribution >= 4 is 0 Å². The van der Waals surface area contributed by atoms with Crippen LogP contribution in [0.5, 0.6) is 0 Å². The predicted octanol–water partition coefficient (Wildman–Crippen LogP) is 2.81. The summed E-state index contributed by atoms with van der Waals surface area (Å²) in [4.78, 5) is 4.73. The van der Waals surface area contributed by atoms with Crippen molar-refractivity contribution in [2.24, 2.45) is 0 Å². The van der Waals surface area contributed by atoms with Crippen LogP contribution in [0.2, 0.25) is 0 Å². The van der Waals surface area contributed by atoms with Gasteiger partial charge < -0.3 is 5.11 Å². The van der Waals surface area contributed by atoms with Crippen LogP contribution in [0.15, 0.2) is 30.5 Å². The summed E-state index contributed by atoms with van der Waals surface area (Å²) in [5.41, 5.74) is 3.24. The van der Waals surface area contributed by atoms with Crippen molar-refractivity contribution in [1.29, 1.82) is 0 Å². The highest BCUT2D eigenvalue weighted by atomic mass is 19.1. The molecule has 5 nitrogen and oxygen atoms in total. The van der Waals surface area contributed by atoms with Crippen LogP contribution in [0.1, 0.15) is 36.6 Å². The van der Waals surface area contributed by atoms with Gasteiger partial charge in [0.15, 0.2) is 0 Å². The first-order valence-corrected chi connectivity index (χ1v) is 9.94. The van der Waals surface area contributed by atoms with Gasteiger partial charge in [-0.15, -0.1) is 0 Å². The molecule has 1 N–H and O–H groups in total. The number of aliphatic hydroxyl groups is 1. The summed E-state index contributed by atoms with van der Waals surface area (Å²) in [6.07, 6.45) is 3.77. The molecule has 1 saturated heterocycles. The van der Waals surface area contributed by atoms with Gasteiger partial charge in [-0.05, 0) is 25.8 Å². The van der Waals surface area contributed by atoms with Crippen molar-refractivity contribution in [3.63, 3.8) is 0 Å². The van der Waals surface area contributed by atoms with Crippen molar-refractivity contribution in [3.05, 3.63) is 53.1 Å². The summed E-state index contributed by atoms with van der Waals surface area (Å²) in [5.74, 6) is -0.151. The molecule has 0 unspecified atom stereocenters. The highest BCUT2D eigenvalue weighted by Crippen LogP contribution is 2.20. The van der Waals surface area contributed by atoms with Crippen LogP contribution in [0, 0.1) is 12.7 Å². The first kappa shape index (κ1) is 20.0. The van der Waals surface area contributed by atoms with E-state index >= 15 is 0 Å². The number of halogens is 1. The minimum absolute atomic E-state index is 0.151. The summed E-state index contributed by atoms with van der Waals surface area (Å²) in [5, 5.41) is 14.0. The van der Waals surface area contributed by atoms with Gasteiger partial charge in [0.2, 0.25) is 0 Å². The van der Waals surface area contributed by atoms with Gasteiger partial charge in [0.05, 0.1) is 6.20 Å². The van der Waals surface area contributed by atoms with Crippen LogP contribution in [-0.2, 0) is 19.6 Å². The van der Waals surface area contributed by atoms with Gasteiger partial charge in [-0.1, -0.05) is 25.1 Å². The fourth-order valence-corrected chi connectivity index (χ4v) is 3.90. The molecule has 1 atom stereocenters. The van der Waals surface area contributed by atoms with E-state index in [2.05, 4.69) is 33.4 Å². The summed E-state index contributed by atoms with van der Waals surface area (Å²) in [6, 6.07) is 7.21. The van der Waals surface area contributed by atoms with E-state index in [9.17, 15) is 9.50 Å². The molecule has 0 radical (unpaired) electrons. The monoisotopic (exact) mass is 374 g/mol. The number of aliphatic hydroxyl groups excluding tert-OH is 1. The molecule has 3 rings (SSSR count). The molecular weight excluding hydrogens is 343 g/mol. The molecule has 0 saturated carbocycles. The standard InChI is InChI=1S/C21H31FN4O/c1-3-9-26-17(2)19(13-23-26)14-24-10-11-25(20(16-24)8-12-27)15-18-6-4-5-7-21(18)22/h4-7,13,20,27H,3,8-12,14-16H2,1-2H3/t20-/m0/s1. The maximum Gasteiger partial charge on any atom is 0.127 e. The Bertz CT molecular complexity index is 733. The largest absolute Gasteiger partial charge is 0.396 e. The normalized spacial score (nSPS) is 18.9. The lowest BCUT2D eigenvalue weighted by molar-refractivity contribution is 0.0492. The molecule has 2 aromatic rings. The second-order valence-corrected chi connectivity index (χ2v) is 7.44. The second-order valence-electron chi connectivity index (χ2n) is 7.44. The topological polar surface area (TPSA) is 44.5 Å². The Balaban J connectivity index is 1.64. The van der Waals surface area contributed by atoms with E-state index in [1.165, 1.54) is 17.3 Å². The number of aromatic nitrogens is 2. The molecule has 0 amide bonds. The van der Waals surface area contributed by atoms with Gasteiger partial charge in [-0.25, -0.2) is 4.39 Å². The number of piperazine rings is 1. The number of nitrogens with zero attached hydrogens (tertiary/aromatic N) is 4. The van der Waals surface area contributed by atoms with Crippen molar-refractivity contribution < 1.29 is 9.50 Å². The van der Waals surface area contributed by atoms with E-state index in [-0.39, 0.29) is 18.5 Å². The third-order valence-corrected chi connectivity index (χ3v) is 5.52. The van der Waals surface area contributed by atoms with Crippen LogP contribution in [-0.4, -0.2) is 57.0 Å². The maximum atomic E-state index is 14.0. The van der Waals surface area contributed by atoms with Crippen LogP contribution < -0.4 is 0 Å². The molecule has 148 valence electrons. The Labute approximate surface area is 161 Å². The Hall–Kier alpha value is -1.76. The van der Waals surface area contributed by atoms with Crippen LogP contribution in [0.3, 0.4) is 0 Å². The van der Waals surface area contributed by atoms with E-state index in [1.807, 2.05) is 18.3 Å². The van der Waals surface area contributed by atoms with Crippen LogP contribution in [0.25, 0.3) is 0 Å². The first-order chi connectivity index (χ1) is 13.1. The number of rotatable bonds is 8. The minimum atomic E-state index is -0.151. The Kier molecular flexibility index (Phi) is 6.99. The molecule has 27 heavy (non-hydrogen) atoms. The average Bonchev–Trinajstić information content (AvgIpc) is 3.00. The predicted molar refractivity (Wildman–Crippen MR) is 105 cm³/mol. The van der Waals surface area contributed by atoms with E-state index in [0.717, 1.165) is 44.7 Å². The average molecular weight is 375 g/mol. The van der Waals surface area contributed by atoms with Gasteiger partial charge in [0.25, 0.3) is 0 Å². The number of hydrogen-bond acceptors (Lipinski definition) is 4. The lowest BCUT2D eigenvalue weighted by Crippen LogP contribution is -2.52. The summed E-state index contributed by atoms with van der Waals surface area (Å²) < 4.78 is 16.1. The molecule has 0 spiro atoms. The Morgan fingerprint density at radius 1 is 1.19 bits per heavy atom. The number of benzene rings is 1. The molecule has 1 aliphatic rings. The summed E-state index contributed by atoms with van der Waals surface area (Å²) >= 11 is 0. The molecule has 0 bridgehead atoms. The van der Waals surface area contributed by atoms with Crippen LogP contribution >= 0.6 is 0 Å². The fourth-order valence-electron chi connectivity index (χ4n) is 3.90. The van der Waals surface area contributed by atoms with Gasteiger partial charge in [-0.3, -0.25) is 14.5 Å². The van der Waals surface area contributed by atoms with Crippen molar-refractivity contribution in [2.75, 3.05) is 26.2 Å². The smallest absolute Gasteiger partial charge is 0.127 e. The van der Waals surface area contributed by atoms with E-state index < -0.39 is 0 Å². The van der Waals surface area contributed by atoms with Crippen molar-refractivity contribution in [3.8, 4) is 0 Å². The lowest BCUT2D eigenvalue weighted by atomic mass is 10.1. The minimum Gasteiger partial charge on any atom is -0.396 e. The third-order valence-electron chi connectivity index (χ3n) is 5.52. The highest BCUT2D eigenvalue weighted by molar-refractivity contribution is 5.18. The van der Waals surface area contributed by atoms with Gasteiger partial charge in [0, 0.05) is 68.7 Å². The van der Waals surface area contributed by atoms with Crippen molar-refractivity contribution in [2.45, 2.75) is 52.4 Å². The maximum absolute atomic E-state index is 14.0. The second kappa shape index (κ2) is 9.44. The fraction of sp³-hybridized carbons (Fsp3) is 0.571. The summed E-state index contributed by atoms with van der Waals surface area (Å²) in [6.45, 7) is 9.58. The molecular formula is C21H31FN4O. The Morgan fingerprint density at radius 3 is 2.74 bits per heavy atom. The molecule has 1 aromatic carbocycles. The molecule has 0 aliphatic carbocycles. The van der Waals surface area contributed by atoms with Gasteiger partial charge in [0.1, 0.15) is 5.82 Å². The van der Waals surface area contributed by atoms with E-state index in [4.69, 9.17) is 0 Å². The number of aryl methyl sites for hydroxylation is 1. The Morgan fingerprint density at radius 2 is 2.00 bits per heavy atom. The number of hydrogen-bond donors (Lipinski definition) is 1. The SMILES string of the molecule is CCCn1ncc(CN2CCN(Cc3ccccc3F)[C@@H](CCO)C2)c1C. The van der Waals surface area contributed by atoms with Gasteiger partial charge >= 0.3 is 0 Å². The molecule has 1 fully saturated rings. The zero-order valence-electron chi connectivity index (χ0n) is 16.4. The summed E-state index contributed by atoms with van der Waals surface area (Å²) in [7, 11) is 0. The molecule has 1 aromatic heterocycles. The van der Waals surface area contributed by atoms with Crippen molar-refractivity contribution in [1.82, 2.24) is 19.6 Å². The third kappa shape index (κ3) is 4.94. The first-order valence-electron chi connectivity index (χ1n) is 9.94. The molecule has 6 heteroatoms.